The first kappa shape index (κ1) is 25.6. The molecule has 0 radical (unpaired) electrons. The number of aromatic nitrogens is 2. The maximum atomic E-state index is 12.6. The van der Waals surface area contributed by atoms with Crippen LogP contribution >= 0.6 is 0 Å². The van der Waals surface area contributed by atoms with Crippen LogP contribution in [0.25, 0.3) is 0 Å². The fraction of sp³-hybridized carbons (Fsp3) is 0.556. The van der Waals surface area contributed by atoms with E-state index in [1.807, 2.05) is 0 Å². The van der Waals surface area contributed by atoms with Gasteiger partial charge in [-0.3, -0.25) is 19.2 Å². The number of carbonyl (C=O) groups is 5. The molecule has 1 heterocycles. The molecular formula is C18H29N7O6. The minimum absolute atomic E-state index is 0.0236. The van der Waals surface area contributed by atoms with Crippen molar-refractivity contribution in [3.63, 3.8) is 0 Å². The molecule has 1 rings (SSSR count). The first-order valence-corrected chi connectivity index (χ1v) is 9.57. The summed E-state index contributed by atoms with van der Waals surface area (Å²) in [5.41, 5.74) is 11.1. The van der Waals surface area contributed by atoms with Crippen LogP contribution in [0.5, 0.6) is 0 Å². The second kappa shape index (κ2) is 11.6. The van der Waals surface area contributed by atoms with Gasteiger partial charge in [0.1, 0.15) is 18.1 Å². The van der Waals surface area contributed by atoms with Crippen molar-refractivity contribution in [2.45, 2.75) is 57.8 Å². The summed E-state index contributed by atoms with van der Waals surface area (Å²) in [5, 5.41) is 16.6. The zero-order valence-electron chi connectivity index (χ0n) is 17.5. The number of imidazole rings is 1. The Morgan fingerprint density at radius 2 is 1.71 bits per heavy atom. The third-order valence-electron chi connectivity index (χ3n) is 4.35. The van der Waals surface area contributed by atoms with Gasteiger partial charge >= 0.3 is 5.97 Å². The maximum Gasteiger partial charge on any atom is 0.326 e. The van der Waals surface area contributed by atoms with Crippen molar-refractivity contribution in [3.8, 4) is 0 Å². The Labute approximate surface area is 178 Å². The van der Waals surface area contributed by atoms with Crippen molar-refractivity contribution in [1.29, 1.82) is 0 Å². The average Bonchev–Trinajstić information content (AvgIpc) is 3.17. The number of amides is 4. The molecule has 0 bridgehead atoms. The van der Waals surface area contributed by atoms with E-state index >= 15 is 0 Å². The number of carboxylic acid groups (broad SMARTS) is 1. The number of aromatic amines is 1. The monoisotopic (exact) mass is 439 g/mol. The van der Waals surface area contributed by atoms with E-state index in [4.69, 9.17) is 11.5 Å². The molecule has 1 aromatic heterocycles. The summed E-state index contributed by atoms with van der Waals surface area (Å²) < 4.78 is 0. The van der Waals surface area contributed by atoms with Crippen LogP contribution in [0, 0.1) is 5.92 Å². The lowest BCUT2D eigenvalue weighted by molar-refractivity contribution is -0.142. The molecule has 0 aromatic carbocycles. The SMILES string of the molecule is CC(NC(=O)C(NC(=O)C(N)CC(N)=O)C(C)C)C(=O)NC(Cc1cnc[nH]1)C(=O)O. The Kier molecular flexibility index (Phi) is 9.60. The van der Waals surface area contributed by atoms with Crippen LogP contribution in [-0.4, -0.2) is 68.8 Å². The number of hydrogen-bond donors (Lipinski definition) is 7. The normalized spacial score (nSPS) is 14.7. The molecule has 4 amide bonds. The largest absolute Gasteiger partial charge is 0.480 e. The third kappa shape index (κ3) is 8.42. The van der Waals surface area contributed by atoms with Gasteiger partial charge in [-0.2, -0.15) is 0 Å². The predicted molar refractivity (Wildman–Crippen MR) is 108 cm³/mol. The molecular weight excluding hydrogens is 410 g/mol. The molecule has 4 atom stereocenters. The lowest BCUT2D eigenvalue weighted by Gasteiger charge is -2.25. The second-order valence-electron chi connectivity index (χ2n) is 7.42. The molecule has 13 heteroatoms. The highest BCUT2D eigenvalue weighted by atomic mass is 16.4. The number of rotatable bonds is 12. The first-order valence-electron chi connectivity index (χ1n) is 9.57. The van der Waals surface area contributed by atoms with Gasteiger partial charge in [-0.05, 0) is 12.8 Å². The Morgan fingerprint density at radius 1 is 1.06 bits per heavy atom. The van der Waals surface area contributed by atoms with Crippen molar-refractivity contribution in [2.75, 3.05) is 0 Å². The quantitative estimate of drug-likeness (QED) is 0.182. The fourth-order valence-electron chi connectivity index (χ4n) is 2.59. The van der Waals surface area contributed by atoms with Crippen molar-refractivity contribution in [3.05, 3.63) is 18.2 Å². The van der Waals surface area contributed by atoms with Gasteiger partial charge in [0.25, 0.3) is 0 Å². The number of aliphatic carboxylic acids is 1. The van der Waals surface area contributed by atoms with Crippen molar-refractivity contribution < 1.29 is 29.1 Å². The smallest absolute Gasteiger partial charge is 0.326 e. The van der Waals surface area contributed by atoms with Crippen LogP contribution in [0.2, 0.25) is 0 Å². The number of nitrogens with two attached hydrogens (primary N) is 2. The van der Waals surface area contributed by atoms with Crippen LogP contribution in [-0.2, 0) is 30.4 Å². The van der Waals surface area contributed by atoms with E-state index in [-0.39, 0.29) is 18.8 Å². The summed E-state index contributed by atoms with van der Waals surface area (Å²) in [6, 6.07) is -4.58. The van der Waals surface area contributed by atoms with Gasteiger partial charge < -0.3 is 37.5 Å². The number of primary amides is 1. The molecule has 0 saturated heterocycles. The molecule has 0 aliphatic heterocycles. The van der Waals surface area contributed by atoms with E-state index in [0.717, 1.165) is 0 Å². The minimum atomic E-state index is -1.25. The Balaban J connectivity index is 2.72. The number of carbonyl (C=O) groups excluding carboxylic acids is 4. The molecule has 4 unspecified atom stereocenters. The van der Waals surface area contributed by atoms with Crippen LogP contribution < -0.4 is 27.4 Å². The summed E-state index contributed by atoms with van der Waals surface area (Å²) in [6.45, 7) is 4.71. The number of nitrogens with zero attached hydrogens (tertiary/aromatic N) is 1. The van der Waals surface area contributed by atoms with E-state index in [1.54, 1.807) is 13.8 Å². The molecule has 31 heavy (non-hydrogen) atoms. The van der Waals surface area contributed by atoms with Gasteiger partial charge in [0.15, 0.2) is 0 Å². The summed E-state index contributed by atoms with van der Waals surface area (Å²) >= 11 is 0. The standard InChI is InChI=1S/C18H29N7O6/c1-8(2)14(25-16(28)11(19)5-13(20)26)17(29)23-9(3)15(27)24-12(18(30)31)4-10-6-21-7-22-10/h6-9,11-12,14H,4-5,19H2,1-3H3,(H2,20,26)(H,21,22)(H,23,29)(H,24,27)(H,25,28)(H,30,31). The molecule has 13 nitrogen and oxygen atoms in total. The Bertz CT molecular complexity index is 795. The van der Waals surface area contributed by atoms with Crippen LogP contribution in [0.1, 0.15) is 32.9 Å². The van der Waals surface area contributed by atoms with E-state index in [2.05, 4.69) is 25.9 Å². The lowest BCUT2D eigenvalue weighted by atomic mass is 10.0. The zero-order chi connectivity index (χ0) is 23.7. The highest BCUT2D eigenvalue weighted by Gasteiger charge is 2.30. The van der Waals surface area contributed by atoms with Crippen molar-refractivity contribution in [2.24, 2.45) is 17.4 Å². The molecule has 0 fully saturated rings. The number of hydrogen-bond acceptors (Lipinski definition) is 7. The molecule has 172 valence electrons. The van der Waals surface area contributed by atoms with Crippen LogP contribution in [0.4, 0.5) is 0 Å². The third-order valence-corrected chi connectivity index (χ3v) is 4.35. The van der Waals surface area contributed by atoms with E-state index in [0.29, 0.717) is 5.69 Å². The highest BCUT2D eigenvalue weighted by Crippen LogP contribution is 2.04. The summed E-state index contributed by atoms with van der Waals surface area (Å²) in [4.78, 5) is 66.0. The van der Waals surface area contributed by atoms with Gasteiger partial charge in [0, 0.05) is 18.3 Å². The molecule has 1 aromatic rings. The second-order valence-corrected chi connectivity index (χ2v) is 7.42. The molecule has 0 aliphatic rings. The van der Waals surface area contributed by atoms with Crippen molar-refractivity contribution in [1.82, 2.24) is 25.9 Å². The number of H-pyrrole nitrogens is 1. The number of nitrogens with one attached hydrogen (secondary N) is 4. The van der Waals surface area contributed by atoms with E-state index in [9.17, 15) is 29.1 Å². The molecule has 0 saturated carbocycles. The lowest BCUT2D eigenvalue weighted by Crippen LogP contribution is -2.58. The van der Waals surface area contributed by atoms with E-state index < -0.39 is 53.8 Å². The minimum Gasteiger partial charge on any atom is -0.480 e. The van der Waals surface area contributed by atoms with E-state index in [1.165, 1.54) is 19.4 Å². The van der Waals surface area contributed by atoms with Crippen LogP contribution in [0.15, 0.2) is 12.5 Å². The summed E-state index contributed by atoms with van der Waals surface area (Å²) in [7, 11) is 0. The Hall–Kier alpha value is -3.48. The molecule has 0 aliphatic carbocycles. The van der Waals surface area contributed by atoms with Gasteiger partial charge in [-0.1, -0.05) is 13.8 Å². The zero-order valence-corrected chi connectivity index (χ0v) is 17.5. The maximum absolute atomic E-state index is 12.6. The van der Waals surface area contributed by atoms with Crippen LogP contribution in [0.3, 0.4) is 0 Å². The molecule has 0 spiro atoms. The van der Waals surface area contributed by atoms with Crippen molar-refractivity contribution >= 4 is 29.6 Å². The summed E-state index contributed by atoms with van der Waals surface area (Å²) in [5.74, 6) is -4.52. The van der Waals surface area contributed by atoms with Gasteiger partial charge in [0.2, 0.25) is 23.6 Å². The van der Waals surface area contributed by atoms with Gasteiger partial charge in [0.05, 0.1) is 18.8 Å². The highest BCUT2D eigenvalue weighted by molar-refractivity contribution is 5.95. The molecule has 9 N–H and O–H groups in total. The first-order chi connectivity index (χ1) is 14.4. The number of carboxylic acids is 1. The van der Waals surface area contributed by atoms with Gasteiger partial charge in [-0.15, -0.1) is 0 Å². The fourth-order valence-corrected chi connectivity index (χ4v) is 2.59. The predicted octanol–water partition coefficient (Wildman–Crippen LogP) is -2.63. The van der Waals surface area contributed by atoms with Gasteiger partial charge in [-0.25, -0.2) is 9.78 Å². The average molecular weight is 439 g/mol. The Morgan fingerprint density at radius 3 is 2.19 bits per heavy atom. The topological polar surface area (TPSA) is 222 Å². The summed E-state index contributed by atoms with van der Waals surface area (Å²) in [6.07, 6.45) is 2.41.